The van der Waals surface area contributed by atoms with Gasteiger partial charge in [-0.3, -0.25) is 0 Å². The summed E-state index contributed by atoms with van der Waals surface area (Å²) in [5, 5.41) is 1.12. The maximum absolute atomic E-state index is 5.69. The van der Waals surface area contributed by atoms with E-state index >= 15 is 0 Å². The second-order valence-corrected chi connectivity index (χ2v) is 6.51. The Morgan fingerprint density at radius 2 is 2.31 bits per heavy atom. The zero-order valence-electron chi connectivity index (χ0n) is 8.74. The number of aryl methyl sites for hydroxylation is 1. The van der Waals surface area contributed by atoms with Crippen molar-refractivity contribution in [3.8, 4) is 0 Å². The second kappa shape index (κ2) is 5.21. The Morgan fingerprint density at radius 3 is 2.94 bits per heavy atom. The summed E-state index contributed by atoms with van der Waals surface area (Å²) in [6.07, 6.45) is 1.94. The molecule has 0 unspecified atom stereocenters. The lowest BCUT2D eigenvalue weighted by Crippen LogP contribution is -1.85. The number of nitrogens with zero attached hydrogens (tertiary/aromatic N) is 1. The van der Waals surface area contributed by atoms with Crippen molar-refractivity contribution in [2.75, 3.05) is 5.73 Å². The van der Waals surface area contributed by atoms with Gasteiger partial charge in [-0.1, -0.05) is 0 Å². The summed E-state index contributed by atoms with van der Waals surface area (Å²) >= 11 is 7.05. The van der Waals surface area contributed by atoms with Crippen molar-refractivity contribution in [1.82, 2.24) is 4.98 Å². The Labute approximate surface area is 111 Å². The minimum absolute atomic E-state index is 0.782. The Balaban J connectivity index is 2.04. The molecule has 0 saturated heterocycles. The first-order chi connectivity index (χ1) is 7.65. The lowest BCUT2D eigenvalue weighted by Gasteiger charge is -2.03. The van der Waals surface area contributed by atoms with E-state index in [1.807, 2.05) is 31.3 Å². The molecule has 2 N–H and O–H groups in total. The first-order valence-electron chi connectivity index (χ1n) is 4.74. The van der Waals surface area contributed by atoms with Crippen LogP contribution in [0.2, 0.25) is 0 Å². The molecule has 5 heteroatoms. The molecular formula is C11H11BrN2S2. The first-order valence-corrected chi connectivity index (χ1v) is 7.34. The van der Waals surface area contributed by atoms with Gasteiger partial charge in [0.25, 0.3) is 0 Å². The summed E-state index contributed by atoms with van der Waals surface area (Å²) in [7, 11) is 0. The van der Waals surface area contributed by atoms with Crippen molar-refractivity contribution in [1.29, 1.82) is 0 Å². The predicted octanol–water partition coefficient (Wildman–Crippen LogP) is 4.09. The van der Waals surface area contributed by atoms with Crippen molar-refractivity contribution in [3.05, 3.63) is 38.8 Å². The van der Waals surface area contributed by atoms with Gasteiger partial charge < -0.3 is 5.73 Å². The van der Waals surface area contributed by atoms with Gasteiger partial charge in [-0.2, -0.15) is 0 Å². The van der Waals surface area contributed by atoms with E-state index in [1.165, 1.54) is 9.77 Å². The van der Waals surface area contributed by atoms with Gasteiger partial charge in [-0.25, -0.2) is 4.98 Å². The van der Waals surface area contributed by atoms with E-state index in [9.17, 15) is 0 Å². The van der Waals surface area contributed by atoms with Gasteiger partial charge >= 0.3 is 0 Å². The second-order valence-electron chi connectivity index (χ2n) is 3.32. The number of hydrogen-bond donors (Lipinski definition) is 1. The number of nitrogens with two attached hydrogens (primary N) is 1. The molecule has 0 spiro atoms. The molecule has 0 aliphatic heterocycles. The summed E-state index contributed by atoms with van der Waals surface area (Å²) in [5.41, 5.74) is 6.47. The van der Waals surface area contributed by atoms with Crippen LogP contribution >= 0.6 is 39.0 Å². The molecule has 0 amide bonds. The summed E-state index contributed by atoms with van der Waals surface area (Å²) in [6.45, 7) is 2.03. The van der Waals surface area contributed by atoms with Crippen LogP contribution in [0.3, 0.4) is 0 Å². The van der Waals surface area contributed by atoms with Crippen molar-refractivity contribution in [2.45, 2.75) is 17.6 Å². The third kappa shape index (κ3) is 2.99. The van der Waals surface area contributed by atoms with Crippen molar-refractivity contribution >= 4 is 44.7 Å². The third-order valence-electron chi connectivity index (χ3n) is 2.00. The van der Waals surface area contributed by atoms with E-state index in [-0.39, 0.29) is 0 Å². The van der Waals surface area contributed by atoms with Gasteiger partial charge in [0.2, 0.25) is 0 Å². The fourth-order valence-corrected chi connectivity index (χ4v) is 3.73. The van der Waals surface area contributed by atoms with Gasteiger partial charge in [-0.15, -0.1) is 23.1 Å². The van der Waals surface area contributed by atoms with Crippen LogP contribution in [-0.4, -0.2) is 4.98 Å². The SMILES string of the molecule is Cc1ncc(CSc2ccc(N)cc2Br)s1. The van der Waals surface area contributed by atoms with Gasteiger partial charge in [0, 0.05) is 31.9 Å². The number of benzene rings is 1. The Morgan fingerprint density at radius 1 is 1.50 bits per heavy atom. The molecule has 84 valence electrons. The highest BCUT2D eigenvalue weighted by molar-refractivity contribution is 9.10. The van der Waals surface area contributed by atoms with Crippen LogP contribution < -0.4 is 5.73 Å². The fourth-order valence-electron chi connectivity index (χ4n) is 1.26. The molecule has 0 aliphatic rings. The molecule has 0 atom stereocenters. The Kier molecular flexibility index (Phi) is 3.89. The van der Waals surface area contributed by atoms with Gasteiger partial charge in [0.05, 0.1) is 5.01 Å². The highest BCUT2D eigenvalue weighted by atomic mass is 79.9. The number of anilines is 1. The molecule has 1 aromatic heterocycles. The number of halogens is 1. The molecule has 1 aromatic carbocycles. The molecule has 1 heterocycles. The molecule has 2 nitrogen and oxygen atoms in total. The average Bonchev–Trinajstić information content (AvgIpc) is 2.63. The topological polar surface area (TPSA) is 38.9 Å². The molecule has 0 fully saturated rings. The summed E-state index contributed by atoms with van der Waals surface area (Å²) < 4.78 is 1.05. The minimum atomic E-state index is 0.782. The number of aromatic nitrogens is 1. The number of thiazole rings is 1. The monoisotopic (exact) mass is 314 g/mol. The van der Waals surface area contributed by atoms with E-state index in [0.29, 0.717) is 0 Å². The predicted molar refractivity (Wildman–Crippen MR) is 75.0 cm³/mol. The minimum Gasteiger partial charge on any atom is -0.399 e. The molecule has 2 aromatic rings. The van der Waals surface area contributed by atoms with Crippen LogP contribution in [-0.2, 0) is 5.75 Å². The summed E-state index contributed by atoms with van der Waals surface area (Å²) in [5.74, 6) is 0.952. The average molecular weight is 315 g/mol. The standard InChI is InChI=1S/C11H11BrN2S2/c1-7-14-5-9(16-7)6-15-11-3-2-8(13)4-10(11)12/h2-5H,6,13H2,1H3. The number of thioether (sulfide) groups is 1. The maximum Gasteiger partial charge on any atom is 0.0897 e. The molecule has 16 heavy (non-hydrogen) atoms. The lowest BCUT2D eigenvalue weighted by atomic mass is 10.3. The van der Waals surface area contributed by atoms with E-state index in [1.54, 1.807) is 23.1 Å². The largest absolute Gasteiger partial charge is 0.399 e. The molecule has 0 saturated carbocycles. The summed E-state index contributed by atoms with van der Waals surface area (Å²) in [4.78, 5) is 6.74. The van der Waals surface area contributed by atoms with E-state index in [2.05, 4.69) is 20.9 Å². The van der Waals surface area contributed by atoms with Crippen LogP contribution in [0, 0.1) is 6.92 Å². The van der Waals surface area contributed by atoms with Gasteiger partial charge in [0.15, 0.2) is 0 Å². The normalized spacial score (nSPS) is 10.6. The fraction of sp³-hybridized carbons (Fsp3) is 0.182. The quantitative estimate of drug-likeness (QED) is 0.685. The number of nitrogen functional groups attached to an aromatic ring is 1. The zero-order chi connectivity index (χ0) is 11.5. The lowest BCUT2D eigenvalue weighted by molar-refractivity contribution is 1.28. The molecule has 0 radical (unpaired) electrons. The third-order valence-corrected chi connectivity index (χ3v) is 5.13. The Hall–Kier alpha value is -0.520. The number of rotatable bonds is 3. The van der Waals surface area contributed by atoms with E-state index in [0.717, 1.165) is 20.9 Å². The van der Waals surface area contributed by atoms with Crippen LogP contribution in [0.5, 0.6) is 0 Å². The molecule has 0 aliphatic carbocycles. The number of hydrogen-bond acceptors (Lipinski definition) is 4. The van der Waals surface area contributed by atoms with Crippen LogP contribution in [0.15, 0.2) is 33.8 Å². The highest BCUT2D eigenvalue weighted by Gasteiger charge is 2.03. The maximum atomic E-state index is 5.69. The zero-order valence-corrected chi connectivity index (χ0v) is 12.0. The van der Waals surface area contributed by atoms with Crippen LogP contribution in [0.25, 0.3) is 0 Å². The molecular weight excluding hydrogens is 304 g/mol. The van der Waals surface area contributed by atoms with Gasteiger partial charge in [0.1, 0.15) is 0 Å². The first kappa shape index (κ1) is 12.0. The van der Waals surface area contributed by atoms with Gasteiger partial charge in [-0.05, 0) is 41.1 Å². The van der Waals surface area contributed by atoms with Crippen LogP contribution in [0.1, 0.15) is 9.88 Å². The van der Waals surface area contributed by atoms with E-state index in [4.69, 9.17) is 5.73 Å². The van der Waals surface area contributed by atoms with Crippen molar-refractivity contribution in [3.63, 3.8) is 0 Å². The van der Waals surface area contributed by atoms with Crippen LogP contribution in [0.4, 0.5) is 5.69 Å². The Bertz CT molecular complexity index is 496. The molecule has 2 rings (SSSR count). The van der Waals surface area contributed by atoms with Crippen molar-refractivity contribution < 1.29 is 0 Å². The smallest absolute Gasteiger partial charge is 0.0897 e. The van der Waals surface area contributed by atoms with E-state index < -0.39 is 0 Å². The van der Waals surface area contributed by atoms with Crippen molar-refractivity contribution in [2.24, 2.45) is 0 Å². The highest BCUT2D eigenvalue weighted by Crippen LogP contribution is 2.32. The molecule has 0 bridgehead atoms. The summed E-state index contributed by atoms with van der Waals surface area (Å²) in [6, 6.07) is 5.89.